The van der Waals surface area contributed by atoms with Crippen molar-refractivity contribution in [1.29, 1.82) is 0 Å². The molecule has 308 valence electrons. The normalized spacial score (nSPS) is 17.7. The molecule has 0 saturated carbocycles. The van der Waals surface area contributed by atoms with Crippen molar-refractivity contribution in [3.05, 3.63) is 96.9 Å². The lowest BCUT2D eigenvalue weighted by Crippen LogP contribution is -2.51. The van der Waals surface area contributed by atoms with E-state index >= 15 is 0 Å². The summed E-state index contributed by atoms with van der Waals surface area (Å²) >= 11 is 0. The number of carbonyl (C=O) groups is 4. The van der Waals surface area contributed by atoms with Crippen molar-refractivity contribution in [2.45, 2.75) is 71.1 Å². The number of likely N-dealkylation sites (tertiary alicyclic amines) is 2. The molecule has 0 spiro atoms. The first-order valence-electron chi connectivity index (χ1n) is 20.1. The van der Waals surface area contributed by atoms with E-state index in [9.17, 15) is 19.2 Å². The quantitative estimate of drug-likeness (QED) is 0.0992. The summed E-state index contributed by atoms with van der Waals surface area (Å²) < 4.78 is 9.53. The fourth-order valence-corrected chi connectivity index (χ4v) is 8.09. The maximum Gasteiger partial charge on any atom is 0.407 e. The number of fused-ring (bicyclic) bond motifs is 1. The van der Waals surface area contributed by atoms with Crippen LogP contribution in [0, 0.1) is 11.8 Å². The van der Waals surface area contributed by atoms with Gasteiger partial charge in [-0.15, -0.1) is 0 Å². The Hall–Kier alpha value is -6.44. The van der Waals surface area contributed by atoms with Crippen LogP contribution in [-0.4, -0.2) is 93.1 Å². The van der Waals surface area contributed by atoms with Crippen LogP contribution in [0.3, 0.4) is 0 Å². The van der Waals surface area contributed by atoms with Gasteiger partial charge in [0.15, 0.2) is 0 Å². The van der Waals surface area contributed by atoms with Gasteiger partial charge in [0.1, 0.15) is 23.7 Å². The molecule has 0 aliphatic carbocycles. The Bertz CT molecular complexity index is 2360. The summed E-state index contributed by atoms with van der Waals surface area (Å²) in [6.45, 7) is 12.7. The summed E-state index contributed by atoms with van der Waals surface area (Å²) in [5.74, 6) is 0.796. The third-order valence-electron chi connectivity index (χ3n) is 11.4. The number of nitrogens with zero attached hydrogens (tertiary/aromatic N) is 4. The monoisotopic (exact) mass is 800 g/mol. The smallest absolute Gasteiger partial charge is 0.407 e. The van der Waals surface area contributed by atoms with Crippen molar-refractivity contribution in [1.82, 2.24) is 40.4 Å². The van der Waals surface area contributed by atoms with Crippen molar-refractivity contribution in [2.24, 2.45) is 11.8 Å². The third kappa shape index (κ3) is 8.57. The highest BCUT2D eigenvalue weighted by molar-refractivity contribution is 5.91. The number of nitrogens with one attached hydrogen (secondary N) is 4. The lowest BCUT2D eigenvalue weighted by atomic mass is 9.98. The fraction of sp³-hybridized carbons (Fsp3) is 0.378. The zero-order chi connectivity index (χ0) is 42.0. The van der Waals surface area contributed by atoms with Gasteiger partial charge in [-0.1, -0.05) is 88.4 Å². The number of H-pyrrole nitrogens is 2. The van der Waals surface area contributed by atoms with Gasteiger partial charge in [-0.05, 0) is 70.7 Å². The molecule has 2 aromatic heterocycles. The van der Waals surface area contributed by atoms with Gasteiger partial charge in [-0.25, -0.2) is 19.6 Å². The van der Waals surface area contributed by atoms with Gasteiger partial charge in [-0.2, -0.15) is 0 Å². The molecule has 2 fully saturated rings. The van der Waals surface area contributed by atoms with Gasteiger partial charge in [-0.3, -0.25) is 9.59 Å². The van der Waals surface area contributed by atoms with Crippen LogP contribution in [-0.2, 0) is 19.1 Å². The molecule has 0 radical (unpaired) electrons. The number of hydrogen-bond donors (Lipinski definition) is 4. The van der Waals surface area contributed by atoms with Crippen LogP contribution < -0.4 is 10.6 Å². The predicted octanol–water partition coefficient (Wildman–Crippen LogP) is 7.54. The molecule has 4 heterocycles. The molecule has 59 heavy (non-hydrogen) atoms. The van der Waals surface area contributed by atoms with Crippen LogP contribution in [0.4, 0.5) is 9.59 Å². The Morgan fingerprint density at radius 2 is 1.19 bits per heavy atom. The first-order chi connectivity index (χ1) is 28.3. The van der Waals surface area contributed by atoms with Gasteiger partial charge in [0.2, 0.25) is 11.8 Å². The molecular weight excluding hydrogens is 749 g/mol. The lowest BCUT2D eigenvalue weighted by molar-refractivity contribution is -0.136. The van der Waals surface area contributed by atoms with Gasteiger partial charge in [0.05, 0.1) is 50.1 Å². The van der Waals surface area contributed by atoms with E-state index in [0.29, 0.717) is 25.3 Å². The minimum absolute atomic E-state index is 0.108. The Labute approximate surface area is 343 Å². The van der Waals surface area contributed by atoms with Crippen molar-refractivity contribution in [2.75, 3.05) is 27.3 Å². The molecule has 14 heteroatoms. The minimum Gasteiger partial charge on any atom is -0.453 e. The first-order valence-corrected chi connectivity index (χ1v) is 20.1. The number of rotatable bonds is 11. The van der Waals surface area contributed by atoms with E-state index in [0.717, 1.165) is 68.7 Å². The second-order valence-corrected chi connectivity index (χ2v) is 16.1. The molecule has 3 aromatic carbocycles. The second-order valence-electron chi connectivity index (χ2n) is 16.1. The molecule has 5 aromatic rings. The van der Waals surface area contributed by atoms with Gasteiger partial charge in [0, 0.05) is 18.7 Å². The SMILES string of the molecule is C=C1C[C@@H](c2ncc(-c3ccc(-c4ccc5cc(-c6cnc([C@@H]7CCCN7C(=O)C(NC(=O)OC)C(C)C)[nH]6)ccc5c4)cc3)[nH]2)N(C(=O)[C@@H](NC(=O)OC)C(C)C)C1. The summed E-state index contributed by atoms with van der Waals surface area (Å²) in [4.78, 5) is 71.1. The number of imidazole rings is 2. The Morgan fingerprint density at radius 1 is 0.695 bits per heavy atom. The summed E-state index contributed by atoms with van der Waals surface area (Å²) in [7, 11) is 2.57. The van der Waals surface area contributed by atoms with E-state index in [1.807, 2.05) is 38.8 Å². The van der Waals surface area contributed by atoms with Gasteiger partial charge < -0.3 is 39.9 Å². The fourth-order valence-electron chi connectivity index (χ4n) is 8.09. The van der Waals surface area contributed by atoms with Crippen LogP contribution in [0.2, 0.25) is 0 Å². The Kier molecular flexibility index (Phi) is 11.9. The number of methoxy groups -OCH3 is 2. The van der Waals surface area contributed by atoms with Gasteiger partial charge >= 0.3 is 12.2 Å². The van der Waals surface area contributed by atoms with Crippen molar-refractivity contribution in [3.63, 3.8) is 0 Å². The molecule has 7 rings (SSSR count). The second kappa shape index (κ2) is 17.2. The summed E-state index contributed by atoms with van der Waals surface area (Å²) in [6, 6.07) is 19.0. The summed E-state index contributed by atoms with van der Waals surface area (Å²) in [5, 5.41) is 7.56. The molecule has 2 aliphatic heterocycles. The standard InChI is InChI=1S/C45H52N8O6/c1-25(2)38(50-44(56)58-6)42(54)52-18-8-9-36(52)40-46-23-35(49-40)33-17-16-31-20-30(14-15-32(31)21-33)28-10-12-29(13-11-28)34-22-47-41(48-34)37-19-27(5)24-53(37)43(55)39(26(3)4)51-45(57)59-7/h10-17,20-23,25-26,36-39H,5,8-9,18-19,24H2,1-4,6-7H3,(H,46,49)(H,47,48)(H,50,56)(H,51,57)/t36-,37-,38?,39-/m0/s1. The highest BCUT2D eigenvalue weighted by atomic mass is 16.5. The molecule has 0 bridgehead atoms. The van der Waals surface area contributed by atoms with Crippen LogP contribution in [0.15, 0.2) is 85.2 Å². The number of benzene rings is 3. The van der Waals surface area contributed by atoms with E-state index in [-0.39, 0.29) is 35.7 Å². The molecular formula is C45H52N8O6. The lowest BCUT2D eigenvalue weighted by Gasteiger charge is -2.30. The zero-order valence-electron chi connectivity index (χ0n) is 34.4. The van der Waals surface area contributed by atoms with E-state index in [2.05, 4.69) is 92.8 Å². The Balaban J connectivity index is 1.03. The van der Waals surface area contributed by atoms with Crippen LogP contribution in [0.5, 0.6) is 0 Å². The van der Waals surface area contributed by atoms with Crippen LogP contribution in [0.1, 0.15) is 70.7 Å². The summed E-state index contributed by atoms with van der Waals surface area (Å²) in [6.07, 6.45) is 4.53. The third-order valence-corrected chi connectivity index (χ3v) is 11.4. The molecule has 4 amide bonds. The predicted molar refractivity (Wildman–Crippen MR) is 225 cm³/mol. The van der Waals surface area contributed by atoms with Crippen molar-refractivity contribution in [3.8, 4) is 33.6 Å². The van der Waals surface area contributed by atoms with Crippen molar-refractivity contribution >= 4 is 34.8 Å². The molecule has 4 N–H and O–H groups in total. The van der Waals surface area contributed by atoms with Crippen molar-refractivity contribution < 1.29 is 28.7 Å². The maximum absolute atomic E-state index is 13.7. The molecule has 2 aliphatic rings. The highest BCUT2D eigenvalue weighted by Gasteiger charge is 2.40. The zero-order valence-corrected chi connectivity index (χ0v) is 34.4. The average molecular weight is 801 g/mol. The van der Waals surface area contributed by atoms with Crippen LogP contribution >= 0.6 is 0 Å². The molecule has 2 saturated heterocycles. The molecule has 1 unspecified atom stereocenters. The Morgan fingerprint density at radius 3 is 1.76 bits per heavy atom. The van der Waals surface area contributed by atoms with Crippen LogP contribution in [0.25, 0.3) is 44.4 Å². The number of carbonyl (C=O) groups excluding carboxylic acids is 4. The number of aromatic nitrogens is 4. The largest absolute Gasteiger partial charge is 0.453 e. The summed E-state index contributed by atoms with van der Waals surface area (Å²) in [5.41, 5.74) is 6.71. The number of amides is 4. The number of aromatic amines is 2. The molecule has 4 atom stereocenters. The van der Waals surface area contributed by atoms with E-state index in [4.69, 9.17) is 14.5 Å². The maximum atomic E-state index is 13.7. The first kappa shape index (κ1) is 40.7. The van der Waals surface area contributed by atoms with E-state index < -0.39 is 24.3 Å². The number of hydrogen-bond acceptors (Lipinski definition) is 8. The minimum atomic E-state index is -0.740. The topological polar surface area (TPSA) is 175 Å². The number of ether oxygens (including phenoxy) is 2. The van der Waals surface area contributed by atoms with E-state index in [1.165, 1.54) is 14.2 Å². The van der Waals surface area contributed by atoms with E-state index in [1.54, 1.807) is 11.1 Å². The molecule has 14 nitrogen and oxygen atoms in total. The highest BCUT2D eigenvalue weighted by Crippen LogP contribution is 2.37. The number of alkyl carbamates (subject to hydrolysis) is 2. The van der Waals surface area contributed by atoms with Gasteiger partial charge in [0.25, 0.3) is 0 Å². The average Bonchev–Trinajstić information content (AvgIpc) is 4.08.